The number of benzene rings is 2. The Bertz CT molecular complexity index is 594. The van der Waals surface area contributed by atoms with E-state index in [1.165, 1.54) is 0 Å². The molecule has 2 aromatic rings. The molecule has 1 heterocycles. The predicted octanol–water partition coefficient (Wildman–Crippen LogP) is 2.33. The van der Waals surface area contributed by atoms with Gasteiger partial charge in [-0.3, -0.25) is 0 Å². The van der Waals surface area contributed by atoms with E-state index in [4.69, 9.17) is 4.74 Å². The van der Waals surface area contributed by atoms with Crippen LogP contribution in [0.25, 0.3) is 10.8 Å². The van der Waals surface area contributed by atoms with Crippen LogP contribution in [0.3, 0.4) is 0 Å². The van der Waals surface area contributed by atoms with E-state index in [0.717, 1.165) is 16.3 Å². The molecular formula is C13H11NO3. The van der Waals surface area contributed by atoms with Crippen molar-refractivity contribution in [3.05, 3.63) is 42.0 Å². The van der Waals surface area contributed by atoms with E-state index in [-0.39, 0.29) is 17.9 Å². The second-order valence-electron chi connectivity index (χ2n) is 4.09. The molecule has 1 amide bonds. The summed E-state index contributed by atoms with van der Waals surface area (Å²) in [6.07, 6.45) is -0.374. The quantitative estimate of drug-likeness (QED) is 0.789. The fraction of sp³-hybridized carbons (Fsp3) is 0.154. The lowest BCUT2D eigenvalue weighted by molar-refractivity contribution is 0.177. The van der Waals surface area contributed by atoms with Gasteiger partial charge in [0.05, 0.1) is 6.04 Å². The lowest BCUT2D eigenvalue weighted by Gasteiger charge is -2.09. The van der Waals surface area contributed by atoms with Crippen molar-refractivity contribution in [2.45, 2.75) is 6.04 Å². The van der Waals surface area contributed by atoms with Crippen LogP contribution in [0.4, 0.5) is 4.79 Å². The number of rotatable bonds is 1. The van der Waals surface area contributed by atoms with Crippen LogP contribution >= 0.6 is 0 Å². The van der Waals surface area contributed by atoms with Gasteiger partial charge in [0.25, 0.3) is 0 Å². The molecule has 1 atom stereocenters. The van der Waals surface area contributed by atoms with Crippen molar-refractivity contribution in [1.29, 1.82) is 0 Å². The van der Waals surface area contributed by atoms with Crippen LogP contribution in [0, 0.1) is 0 Å². The second kappa shape index (κ2) is 3.66. The average Bonchev–Trinajstić information content (AvgIpc) is 2.75. The number of ether oxygens (including phenoxy) is 1. The first-order chi connectivity index (χ1) is 8.22. The molecule has 0 aliphatic carbocycles. The van der Waals surface area contributed by atoms with Gasteiger partial charge in [-0.1, -0.05) is 18.2 Å². The molecule has 0 radical (unpaired) electrons. The lowest BCUT2D eigenvalue weighted by atomic mass is 10.0. The zero-order valence-corrected chi connectivity index (χ0v) is 9.01. The van der Waals surface area contributed by atoms with E-state index in [0.29, 0.717) is 6.61 Å². The van der Waals surface area contributed by atoms with Crippen molar-refractivity contribution in [3.63, 3.8) is 0 Å². The molecule has 1 aliphatic heterocycles. The van der Waals surface area contributed by atoms with Gasteiger partial charge >= 0.3 is 6.09 Å². The Balaban J connectivity index is 2.02. The Morgan fingerprint density at radius 1 is 1.18 bits per heavy atom. The highest BCUT2D eigenvalue weighted by Gasteiger charge is 2.23. The molecule has 4 nitrogen and oxygen atoms in total. The van der Waals surface area contributed by atoms with Gasteiger partial charge in [-0.05, 0) is 34.5 Å². The third-order valence-corrected chi connectivity index (χ3v) is 2.92. The van der Waals surface area contributed by atoms with Gasteiger partial charge in [0.2, 0.25) is 0 Å². The van der Waals surface area contributed by atoms with E-state index >= 15 is 0 Å². The van der Waals surface area contributed by atoms with Crippen LogP contribution in [0.2, 0.25) is 0 Å². The summed E-state index contributed by atoms with van der Waals surface area (Å²) in [4.78, 5) is 11.0. The van der Waals surface area contributed by atoms with Gasteiger partial charge in [-0.15, -0.1) is 0 Å². The number of phenols is 1. The highest BCUT2D eigenvalue weighted by molar-refractivity contribution is 5.84. The number of amides is 1. The molecule has 1 saturated heterocycles. The molecule has 0 unspecified atom stereocenters. The maximum absolute atomic E-state index is 11.0. The first kappa shape index (κ1) is 9.96. The minimum atomic E-state index is -0.374. The Kier molecular flexibility index (Phi) is 2.14. The number of carbonyl (C=O) groups excluding carboxylic acids is 1. The summed E-state index contributed by atoms with van der Waals surface area (Å²) in [6.45, 7) is 0.364. The Morgan fingerprint density at radius 2 is 1.94 bits per heavy atom. The SMILES string of the molecule is O=C1N[C@@H](c2ccc3cc(O)ccc3c2)CO1. The van der Waals surface area contributed by atoms with Gasteiger partial charge in [-0.2, -0.15) is 0 Å². The van der Waals surface area contributed by atoms with Crippen molar-refractivity contribution in [2.24, 2.45) is 0 Å². The molecule has 17 heavy (non-hydrogen) atoms. The first-order valence-electron chi connectivity index (χ1n) is 5.38. The highest BCUT2D eigenvalue weighted by atomic mass is 16.6. The van der Waals surface area contributed by atoms with E-state index in [2.05, 4.69) is 5.32 Å². The molecule has 4 heteroatoms. The third kappa shape index (κ3) is 1.78. The summed E-state index contributed by atoms with van der Waals surface area (Å²) < 4.78 is 4.86. The summed E-state index contributed by atoms with van der Waals surface area (Å²) >= 11 is 0. The Hall–Kier alpha value is -2.23. The molecular weight excluding hydrogens is 218 g/mol. The largest absolute Gasteiger partial charge is 0.508 e. The number of alkyl carbamates (subject to hydrolysis) is 1. The lowest BCUT2D eigenvalue weighted by Crippen LogP contribution is -2.18. The van der Waals surface area contributed by atoms with Crippen LogP contribution in [0.1, 0.15) is 11.6 Å². The summed E-state index contributed by atoms with van der Waals surface area (Å²) in [7, 11) is 0. The monoisotopic (exact) mass is 229 g/mol. The molecule has 1 fully saturated rings. The molecule has 86 valence electrons. The van der Waals surface area contributed by atoms with Crippen LogP contribution < -0.4 is 5.32 Å². The van der Waals surface area contributed by atoms with Crippen molar-refractivity contribution >= 4 is 16.9 Å². The van der Waals surface area contributed by atoms with Crippen molar-refractivity contribution in [1.82, 2.24) is 5.32 Å². The van der Waals surface area contributed by atoms with Crippen LogP contribution in [0.5, 0.6) is 5.75 Å². The number of cyclic esters (lactones) is 1. The smallest absolute Gasteiger partial charge is 0.407 e. The van der Waals surface area contributed by atoms with Crippen molar-refractivity contribution < 1.29 is 14.6 Å². The molecule has 2 aromatic carbocycles. The van der Waals surface area contributed by atoms with Gasteiger partial charge in [0.15, 0.2) is 0 Å². The first-order valence-corrected chi connectivity index (χ1v) is 5.38. The van der Waals surface area contributed by atoms with E-state index in [9.17, 15) is 9.90 Å². The zero-order chi connectivity index (χ0) is 11.8. The maximum Gasteiger partial charge on any atom is 0.407 e. The third-order valence-electron chi connectivity index (χ3n) is 2.92. The number of hydrogen-bond acceptors (Lipinski definition) is 3. The van der Waals surface area contributed by atoms with E-state index < -0.39 is 0 Å². The van der Waals surface area contributed by atoms with Crippen LogP contribution in [-0.4, -0.2) is 17.8 Å². The average molecular weight is 229 g/mol. The van der Waals surface area contributed by atoms with Gasteiger partial charge in [0.1, 0.15) is 12.4 Å². The molecule has 2 N–H and O–H groups in total. The minimum absolute atomic E-state index is 0.0827. The number of nitrogens with one attached hydrogen (secondary N) is 1. The molecule has 0 aromatic heterocycles. The summed E-state index contributed by atoms with van der Waals surface area (Å²) in [5.41, 5.74) is 1.01. The number of phenolic OH excluding ortho intramolecular Hbond substituents is 1. The van der Waals surface area contributed by atoms with Gasteiger partial charge in [-0.25, -0.2) is 4.79 Å². The summed E-state index contributed by atoms with van der Waals surface area (Å²) in [5.74, 6) is 0.253. The second-order valence-corrected chi connectivity index (χ2v) is 4.09. The number of aromatic hydroxyl groups is 1. The summed E-state index contributed by atoms with van der Waals surface area (Å²) in [6, 6.07) is 11.0. The van der Waals surface area contributed by atoms with Crippen LogP contribution in [-0.2, 0) is 4.74 Å². The normalized spacial score (nSPS) is 19.1. The fourth-order valence-corrected chi connectivity index (χ4v) is 2.03. The standard InChI is InChI=1S/C13H11NO3/c15-11-4-3-8-5-10(2-1-9(8)6-11)12-7-17-13(16)14-12/h1-6,12,15H,7H2,(H,14,16)/t12-/m1/s1. The molecule has 3 rings (SSSR count). The molecule has 0 spiro atoms. The molecule has 1 aliphatic rings. The van der Waals surface area contributed by atoms with Crippen LogP contribution in [0.15, 0.2) is 36.4 Å². The number of carbonyl (C=O) groups is 1. The van der Waals surface area contributed by atoms with E-state index in [1.54, 1.807) is 12.1 Å². The van der Waals surface area contributed by atoms with Gasteiger partial charge in [0, 0.05) is 0 Å². The number of hydrogen-bond donors (Lipinski definition) is 2. The molecule has 0 bridgehead atoms. The molecule has 0 saturated carbocycles. The van der Waals surface area contributed by atoms with E-state index in [1.807, 2.05) is 24.3 Å². The summed E-state index contributed by atoms with van der Waals surface area (Å²) in [5, 5.41) is 14.1. The predicted molar refractivity (Wildman–Crippen MR) is 62.8 cm³/mol. The minimum Gasteiger partial charge on any atom is -0.508 e. The highest BCUT2D eigenvalue weighted by Crippen LogP contribution is 2.25. The Morgan fingerprint density at radius 3 is 2.71 bits per heavy atom. The van der Waals surface area contributed by atoms with Crippen molar-refractivity contribution in [2.75, 3.05) is 6.61 Å². The number of fused-ring (bicyclic) bond motifs is 1. The zero-order valence-electron chi connectivity index (χ0n) is 9.01. The topological polar surface area (TPSA) is 58.6 Å². The van der Waals surface area contributed by atoms with Crippen molar-refractivity contribution in [3.8, 4) is 5.75 Å². The Labute approximate surface area is 97.8 Å². The fourth-order valence-electron chi connectivity index (χ4n) is 2.03. The van der Waals surface area contributed by atoms with Gasteiger partial charge < -0.3 is 15.2 Å². The maximum atomic E-state index is 11.0.